The molecule has 0 aromatic carbocycles. The van der Waals surface area contributed by atoms with Crippen LogP contribution in [0.5, 0.6) is 0 Å². The van der Waals surface area contributed by atoms with Crippen molar-refractivity contribution in [2.75, 3.05) is 26.2 Å². The molecular formula is C11H24N4O4S. The fourth-order valence-corrected chi connectivity index (χ4v) is 3.81. The van der Waals surface area contributed by atoms with E-state index < -0.39 is 16.1 Å². The Hall–Kier alpha value is -0.740. The summed E-state index contributed by atoms with van der Waals surface area (Å²) in [7, 11) is -3.58. The first-order valence-electron chi connectivity index (χ1n) is 6.85. The van der Waals surface area contributed by atoms with Crippen molar-refractivity contribution in [2.24, 2.45) is 5.73 Å². The molecule has 20 heavy (non-hydrogen) atoms. The maximum Gasteiger partial charge on any atom is 0.282 e. The minimum atomic E-state index is -3.58. The number of hydroxylamine groups is 1. The lowest BCUT2D eigenvalue weighted by atomic mass is 10.3. The Morgan fingerprint density at radius 3 is 2.70 bits per heavy atom. The molecule has 0 aliphatic carbocycles. The molecule has 0 bridgehead atoms. The summed E-state index contributed by atoms with van der Waals surface area (Å²) in [6, 6.07) is -0.126. The van der Waals surface area contributed by atoms with Crippen LogP contribution in [0.2, 0.25) is 0 Å². The summed E-state index contributed by atoms with van der Waals surface area (Å²) in [6.07, 6.45) is 2.16. The zero-order valence-corrected chi connectivity index (χ0v) is 12.6. The van der Waals surface area contributed by atoms with Crippen molar-refractivity contribution in [1.29, 1.82) is 0 Å². The van der Waals surface area contributed by atoms with E-state index in [0.29, 0.717) is 26.1 Å². The Bertz CT molecular complexity index is 415. The van der Waals surface area contributed by atoms with Gasteiger partial charge < -0.3 is 5.73 Å². The van der Waals surface area contributed by atoms with Crippen LogP contribution in [-0.2, 0) is 15.0 Å². The molecule has 0 saturated carbocycles. The van der Waals surface area contributed by atoms with Crippen LogP contribution in [0.4, 0.5) is 0 Å². The summed E-state index contributed by atoms with van der Waals surface area (Å²) in [5, 5.41) is 8.48. The molecule has 0 radical (unpaired) electrons. The topological polar surface area (TPSA) is 116 Å². The lowest BCUT2D eigenvalue weighted by molar-refractivity contribution is -0.129. The van der Waals surface area contributed by atoms with Gasteiger partial charge in [-0.2, -0.15) is 17.0 Å². The normalized spacial score (nSPS) is 20.5. The Balaban J connectivity index is 2.71. The maximum absolute atomic E-state index is 12.5. The van der Waals surface area contributed by atoms with Gasteiger partial charge in [0, 0.05) is 38.6 Å². The lowest BCUT2D eigenvalue weighted by Crippen LogP contribution is -2.45. The SMILES string of the molecule is CCCCN(CCC(=O)NO)S(=O)(=O)N1CCC(N)C1. The molecule has 1 aliphatic rings. The van der Waals surface area contributed by atoms with Crippen LogP contribution >= 0.6 is 0 Å². The Morgan fingerprint density at radius 2 is 2.20 bits per heavy atom. The van der Waals surface area contributed by atoms with E-state index in [0.717, 1.165) is 12.8 Å². The monoisotopic (exact) mass is 308 g/mol. The second kappa shape index (κ2) is 7.89. The first kappa shape index (κ1) is 17.3. The molecule has 1 rings (SSSR count). The summed E-state index contributed by atoms with van der Waals surface area (Å²) in [5.41, 5.74) is 7.25. The second-order valence-corrected chi connectivity index (χ2v) is 6.88. The van der Waals surface area contributed by atoms with E-state index in [-0.39, 0.29) is 19.0 Å². The largest absolute Gasteiger partial charge is 0.326 e. The van der Waals surface area contributed by atoms with Crippen LogP contribution in [0.25, 0.3) is 0 Å². The van der Waals surface area contributed by atoms with Crippen molar-refractivity contribution in [2.45, 2.75) is 38.6 Å². The van der Waals surface area contributed by atoms with E-state index in [1.54, 1.807) is 0 Å². The van der Waals surface area contributed by atoms with Gasteiger partial charge in [-0.05, 0) is 12.8 Å². The van der Waals surface area contributed by atoms with E-state index in [4.69, 9.17) is 10.9 Å². The van der Waals surface area contributed by atoms with Crippen molar-refractivity contribution in [3.05, 3.63) is 0 Å². The molecule has 0 aromatic heterocycles. The zero-order valence-electron chi connectivity index (χ0n) is 11.8. The molecule has 1 heterocycles. The molecular weight excluding hydrogens is 284 g/mol. The van der Waals surface area contributed by atoms with Crippen LogP contribution in [0, 0.1) is 0 Å². The number of rotatable bonds is 8. The van der Waals surface area contributed by atoms with Crippen LogP contribution in [0.15, 0.2) is 0 Å². The minimum Gasteiger partial charge on any atom is -0.326 e. The van der Waals surface area contributed by atoms with Gasteiger partial charge in [0.25, 0.3) is 10.2 Å². The van der Waals surface area contributed by atoms with Crippen LogP contribution in [0.3, 0.4) is 0 Å². The van der Waals surface area contributed by atoms with Gasteiger partial charge in [0.2, 0.25) is 5.91 Å². The van der Waals surface area contributed by atoms with Crippen LogP contribution in [0.1, 0.15) is 32.6 Å². The number of unbranched alkanes of at least 4 members (excludes halogenated alkanes) is 1. The molecule has 1 aliphatic heterocycles. The molecule has 1 unspecified atom stereocenters. The number of hydrogen-bond donors (Lipinski definition) is 3. The molecule has 1 amide bonds. The number of hydrogen-bond acceptors (Lipinski definition) is 5. The van der Waals surface area contributed by atoms with E-state index in [1.807, 2.05) is 6.92 Å². The molecule has 9 heteroatoms. The third-order valence-electron chi connectivity index (χ3n) is 3.31. The van der Waals surface area contributed by atoms with E-state index in [1.165, 1.54) is 14.1 Å². The van der Waals surface area contributed by atoms with Crippen molar-refractivity contribution in [3.63, 3.8) is 0 Å². The number of carbonyl (C=O) groups is 1. The highest BCUT2D eigenvalue weighted by Crippen LogP contribution is 2.17. The zero-order chi connectivity index (χ0) is 15.2. The van der Waals surface area contributed by atoms with Gasteiger partial charge in [0.1, 0.15) is 0 Å². The van der Waals surface area contributed by atoms with E-state index in [9.17, 15) is 13.2 Å². The fourth-order valence-electron chi connectivity index (χ4n) is 2.09. The third-order valence-corrected chi connectivity index (χ3v) is 5.32. The Kier molecular flexibility index (Phi) is 6.83. The lowest BCUT2D eigenvalue weighted by Gasteiger charge is -2.27. The minimum absolute atomic E-state index is 0.0560. The van der Waals surface area contributed by atoms with E-state index in [2.05, 4.69) is 0 Å². The van der Waals surface area contributed by atoms with Gasteiger partial charge in [-0.3, -0.25) is 10.0 Å². The quantitative estimate of drug-likeness (QED) is 0.403. The molecule has 118 valence electrons. The Morgan fingerprint density at radius 1 is 1.50 bits per heavy atom. The molecule has 0 spiro atoms. The predicted molar refractivity (Wildman–Crippen MR) is 74.1 cm³/mol. The van der Waals surface area contributed by atoms with Crippen molar-refractivity contribution >= 4 is 16.1 Å². The Labute approximate surface area is 120 Å². The number of nitrogens with zero attached hydrogens (tertiary/aromatic N) is 2. The summed E-state index contributed by atoms with van der Waals surface area (Å²) >= 11 is 0. The maximum atomic E-state index is 12.5. The van der Waals surface area contributed by atoms with Crippen LogP contribution in [-0.4, -0.2) is 60.4 Å². The standard InChI is InChI=1S/C11H24N4O4S/c1-2-3-6-14(8-5-11(16)13-17)20(18,19)15-7-4-10(12)9-15/h10,17H,2-9,12H2,1H3,(H,13,16). The second-order valence-electron chi connectivity index (χ2n) is 4.95. The first-order valence-corrected chi connectivity index (χ1v) is 8.25. The number of nitrogens with two attached hydrogens (primary N) is 1. The van der Waals surface area contributed by atoms with Crippen molar-refractivity contribution in [1.82, 2.24) is 14.1 Å². The van der Waals surface area contributed by atoms with Crippen molar-refractivity contribution < 1.29 is 18.4 Å². The van der Waals surface area contributed by atoms with Gasteiger partial charge in [-0.1, -0.05) is 13.3 Å². The summed E-state index contributed by atoms with van der Waals surface area (Å²) in [6.45, 7) is 3.12. The molecule has 1 atom stereocenters. The summed E-state index contributed by atoms with van der Waals surface area (Å²) < 4.78 is 27.6. The molecule has 4 N–H and O–H groups in total. The highest BCUT2D eigenvalue weighted by molar-refractivity contribution is 7.86. The molecule has 8 nitrogen and oxygen atoms in total. The average molecular weight is 308 g/mol. The fraction of sp³-hybridized carbons (Fsp3) is 0.909. The van der Waals surface area contributed by atoms with Gasteiger partial charge >= 0.3 is 0 Å². The highest BCUT2D eigenvalue weighted by Gasteiger charge is 2.34. The number of nitrogens with one attached hydrogen (secondary N) is 1. The van der Waals surface area contributed by atoms with E-state index >= 15 is 0 Å². The van der Waals surface area contributed by atoms with Crippen LogP contribution < -0.4 is 11.2 Å². The predicted octanol–water partition coefficient (Wildman–Crippen LogP) is -0.738. The third kappa shape index (κ3) is 4.67. The number of carbonyl (C=O) groups excluding carboxylic acids is 1. The van der Waals surface area contributed by atoms with Crippen molar-refractivity contribution in [3.8, 4) is 0 Å². The highest BCUT2D eigenvalue weighted by atomic mass is 32.2. The first-order chi connectivity index (χ1) is 9.41. The van der Waals surface area contributed by atoms with Gasteiger partial charge in [-0.25, -0.2) is 5.48 Å². The summed E-state index contributed by atoms with van der Waals surface area (Å²) in [5.74, 6) is -0.597. The summed E-state index contributed by atoms with van der Waals surface area (Å²) in [4.78, 5) is 11.1. The smallest absolute Gasteiger partial charge is 0.282 e. The average Bonchev–Trinajstić information content (AvgIpc) is 2.85. The number of amides is 1. The van der Waals surface area contributed by atoms with Gasteiger partial charge in [0.05, 0.1) is 0 Å². The molecule has 1 saturated heterocycles. The molecule has 1 fully saturated rings. The molecule has 0 aromatic rings. The van der Waals surface area contributed by atoms with Gasteiger partial charge in [0.15, 0.2) is 0 Å². The van der Waals surface area contributed by atoms with Gasteiger partial charge in [-0.15, -0.1) is 0 Å².